The van der Waals surface area contributed by atoms with Gasteiger partial charge in [0.2, 0.25) is 15.8 Å². The third kappa shape index (κ3) is 4.02. The minimum Gasteiger partial charge on any atom is -0.493 e. The largest absolute Gasteiger partial charge is 0.493 e. The minimum atomic E-state index is -3.57. The van der Waals surface area contributed by atoms with Crippen molar-refractivity contribution in [1.82, 2.24) is 4.31 Å². The fourth-order valence-electron chi connectivity index (χ4n) is 4.13. The molecule has 1 unspecified atom stereocenters. The Morgan fingerprint density at radius 3 is 2.12 bits per heavy atom. The highest BCUT2D eigenvalue weighted by Gasteiger charge is 2.34. The van der Waals surface area contributed by atoms with Crippen LogP contribution < -0.4 is 19.1 Å². The highest BCUT2D eigenvalue weighted by Crippen LogP contribution is 2.40. The van der Waals surface area contributed by atoms with Crippen LogP contribution in [-0.2, 0) is 16.4 Å². The number of hydrogen-bond donors (Lipinski definition) is 0. The summed E-state index contributed by atoms with van der Waals surface area (Å²) in [6.07, 6.45) is 0.563. The number of anilines is 1. The predicted octanol–water partition coefficient (Wildman–Crippen LogP) is 3.33. The van der Waals surface area contributed by atoms with E-state index in [1.807, 2.05) is 20.8 Å². The quantitative estimate of drug-likeness (QED) is 0.598. The Morgan fingerprint density at radius 2 is 1.62 bits per heavy atom. The van der Waals surface area contributed by atoms with E-state index < -0.39 is 10.0 Å². The van der Waals surface area contributed by atoms with Gasteiger partial charge in [0.1, 0.15) is 0 Å². The fourth-order valence-corrected chi connectivity index (χ4v) is 5.64. The molecular formula is C23H30N2O6S. The van der Waals surface area contributed by atoms with E-state index in [1.165, 1.54) is 25.6 Å². The van der Waals surface area contributed by atoms with Crippen molar-refractivity contribution < 1.29 is 27.4 Å². The lowest BCUT2D eigenvalue weighted by molar-refractivity contribution is 0.0980. The zero-order valence-electron chi connectivity index (χ0n) is 19.3. The molecule has 0 N–H and O–H groups in total. The molecule has 0 spiro atoms. The van der Waals surface area contributed by atoms with Gasteiger partial charge in [-0.1, -0.05) is 13.8 Å². The first-order chi connectivity index (χ1) is 15.2. The Labute approximate surface area is 189 Å². The maximum atomic E-state index is 13.5. The Hall–Kier alpha value is -2.78. The van der Waals surface area contributed by atoms with E-state index in [4.69, 9.17) is 14.2 Å². The van der Waals surface area contributed by atoms with E-state index in [9.17, 15) is 13.2 Å². The van der Waals surface area contributed by atoms with Gasteiger partial charge in [0, 0.05) is 30.4 Å². The number of ether oxygens (including phenoxy) is 3. The van der Waals surface area contributed by atoms with Crippen LogP contribution in [-0.4, -0.2) is 59.1 Å². The molecule has 0 aliphatic carbocycles. The summed E-state index contributed by atoms with van der Waals surface area (Å²) in [6.45, 7) is 6.37. The number of rotatable bonds is 8. The fraction of sp³-hybridized carbons (Fsp3) is 0.435. The highest BCUT2D eigenvalue weighted by atomic mass is 32.2. The smallest absolute Gasteiger partial charge is 0.258 e. The van der Waals surface area contributed by atoms with Crippen LogP contribution in [0.5, 0.6) is 17.2 Å². The zero-order valence-corrected chi connectivity index (χ0v) is 20.2. The van der Waals surface area contributed by atoms with Crippen LogP contribution in [0.3, 0.4) is 0 Å². The number of benzene rings is 2. The van der Waals surface area contributed by atoms with E-state index in [1.54, 1.807) is 35.2 Å². The third-order valence-corrected chi connectivity index (χ3v) is 7.79. The van der Waals surface area contributed by atoms with Gasteiger partial charge >= 0.3 is 0 Å². The topological polar surface area (TPSA) is 85.4 Å². The van der Waals surface area contributed by atoms with Crippen molar-refractivity contribution >= 4 is 21.6 Å². The van der Waals surface area contributed by atoms with Crippen LogP contribution in [0.15, 0.2) is 35.2 Å². The first-order valence-corrected chi connectivity index (χ1v) is 11.9. The van der Waals surface area contributed by atoms with Gasteiger partial charge < -0.3 is 19.1 Å². The number of methoxy groups -OCH3 is 3. The molecule has 0 saturated carbocycles. The van der Waals surface area contributed by atoms with Crippen LogP contribution in [0.25, 0.3) is 0 Å². The van der Waals surface area contributed by atoms with Crippen molar-refractivity contribution in [2.45, 2.75) is 38.1 Å². The lowest BCUT2D eigenvalue weighted by Crippen LogP contribution is -2.35. The molecule has 3 rings (SSSR count). The molecule has 8 nitrogen and oxygen atoms in total. The Balaban J connectivity index is 2.02. The zero-order chi connectivity index (χ0) is 23.6. The summed E-state index contributed by atoms with van der Waals surface area (Å²) in [6, 6.07) is 8.07. The lowest BCUT2D eigenvalue weighted by Gasteiger charge is -2.24. The van der Waals surface area contributed by atoms with Crippen LogP contribution in [0.1, 0.15) is 36.7 Å². The summed E-state index contributed by atoms with van der Waals surface area (Å²) in [7, 11) is 0.926. The molecule has 1 atom stereocenters. The van der Waals surface area contributed by atoms with Crippen molar-refractivity contribution in [2.24, 2.45) is 0 Å². The molecule has 1 heterocycles. The molecule has 0 radical (unpaired) electrons. The molecule has 2 aromatic rings. The maximum absolute atomic E-state index is 13.5. The number of fused-ring (bicyclic) bond motifs is 1. The molecule has 1 aliphatic heterocycles. The number of sulfonamides is 1. The Kier molecular flexibility index (Phi) is 7.00. The molecule has 0 bridgehead atoms. The van der Waals surface area contributed by atoms with Crippen LogP contribution in [0.4, 0.5) is 5.69 Å². The van der Waals surface area contributed by atoms with Gasteiger partial charge in [0.15, 0.2) is 11.5 Å². The van der Waals surface area contributed by atoms with E-state index in [-0.39, 0.29) is 16.8 Å². The number of nitrogens with zero attached hydrogens (tertiary/aromatic N) is 2. The monoisotopic (exact) mass is 462 g/mol. The van der Waals surface area contributed by atoms with Crippen molar-refractivity contribution in [1.29, 1.82) is 0 Å². The second-order valence-electron chi connectivity index (χ2n) is 7.52. The van der Waals surface area contributed by atoms with Crippen molar-refractivity contribution in [2.75, 3.05) is 39.3 Å². The van der Waals surface area contributed by atoms with Crippen molar-refractivity contribution in [3.63, 3.8) is 0 Å². The van der Waals surface area contributed by atoms with Gasteiger partial charge in [0.05, 0.1) is 26.2 Å². The van der Waals surface area contributed by atoms with Crippen LogP contribution in [0.2, 0.25) is 0 Å². The van der Waals surface area contributed by atoms with E-state index >= 15 is 0 Å². The van der Waals surface area contributed by atoms with Gasteiger partial charge in [-0.25, -0.2) is 8.42 Å². The van der Waals surface area contributed by atoms with Gasteiger partial charge in [0.25, 0.3) is 5.91 Å². The van der Waals surface area contributed by atoms with E-state index in [2.05, 4.69) is 0 Å². The highest BCUT2D eigenvalue weighted by molar-refractivity contribution is 7.89. The summed E-state index contributed by atoms with van der Waals surface area (Å²) in [5.41, 5.74) is 1.92. The maximum Gasteiger partial charge on any atom is 0.258 e. The normalized spacial score (nSPS) is 15.6. The standard InChI is InChI=1S/C23H30N2O6S/c1-7-24(8-2)32(27,28)18-9-10-19-16(12-18)11-15(3)25(19)23(26)17-13-20(29-4)22(31-6)21(14-17)30-5/h9-10,12-15H,7-8,11H2,1-6H3. The Bertz CT molecular complexity index is 1090. The molecular weight excluding hydrogens is 432 g/mol. The van der Waals surface area contributed by atoms with Crippen LogP contribution in [0, 0.1) is 0 Å². The second kappa shape index (κ2) is 9.38. The average Bonchev–Trinajstić information content (AvgIpc) is 3.12. The predicted molar refractivity (Wildman–Crippen MR) is 123 cm³/mol. The molecule has 2 aromatic carbocycles. The summed E-state index contributed by atoms with van der Waals surface area (Å²) in [5.74, 6) is 0.966. The van der Waals surface area contributed by atoms with E-state index in [0.717, 1.165) is 5.56 Å². The Morgan fingerprint density at radius 1 is 1.03 bits per heavy atom. The molecule has 32 heavy (non-hydrogen) atoms. The molecule has 0 saturated heterocycles. The summed E-state index contributed by atoms with van der Waals surface area (Å²) < 4.78 is 43.4. The van der Waals surface area contributed by atoms with Gasteiger partial charge in [-0.2, -0.15) is 4.31 Å². The van der Waals surface area contributed by atoms with Crippen LogP contribution >= 0.6 is 0 Å². The average molecular weight is 463 g/mol. The molecule has 9 heteroatoms. The van der Waals surface area contributed by atoms with Gasteiger partial charge in [-0.15, -0.1) is 0 Å². The van der Waals surface area contributed by atoms with Crippen molar-refractivity contribution in [3.8, 4) is 17.2 Å². The number of amides is 1. The van der Waals surface area contributed by atoms with E-state index in [0.29, 0.717) is 48.0 Å². The number of carbonyl (C=O) groups is 1. The van der Waals surface area contributed by atoms with Gasteiger partial charge in [-0.05, 0) is 49.2 Å². The number of hydrogen-bond acceptors (Lipinski definition) is 6. The number of carbonyl (C=O) groups excluding carboxylic acids is 1. The molecule has 174 valence electrons. The minimum absolute atomic E-state index is 0.136. The summed E-state index contributed by atoms with van der Waals surface area (Å²) >= 11 is 0. The first-order valence-electron chi connectivity index (χ1n) is 10.5. The first kappa shape index (κ1) is 23.9. The van der Waals surface area contributed by atoms with Gasteiger partial charge in [-0.3, -0.25) is 4.79 Å². The molecule has 1 aliphatic rings. The molecule has 0 aromatic heterocycles. The lowest BCUT2D eigenvalue weighted by atomic mass is 10.1. The SMILES string of the molecule is CCN(CC)S(=O)(=O)c1ccc2c(c1)CC(C)N2C(=O)c1cc(OC)c(OC)c(OC)c1. The van der Waals surface area contributed by atoms with Crippen molar-refractivity contribution in [3.05, 3.63) is 41.5 Å². The molecule has 0 fully saturated rings. The second-order valence-corrected chi connectivity index (χ2v) is 9.46. The third-order valence-electron chi connectivity index (χ3n) is 5.74. The molecule has 1 amide bonds. The summed E-state index contributed by atoms with van der Waals surface area (Å²) in [4.78, 5) is 15.4. The summed E-state index contributed by atoms with van der Waals surface area (Å²) in [5, 5.41) is 0.